The zero-order valence-electron chi connectivity index (χ0n) is 11.5. The fourth-order valence-corrected chi connectivity index (χ4v) is 2.12. The molecule has 1 aromatic heterocycles. The smallest absolute Gasteiger partial charge is 0.216 e. The molecule has 0 saturated carbocycles. The molecular formula is C16H11N5S. The first-order valence-electron chi connectivity index (χ1n) is 6.55. The fourth-order valence-electron chi connectivity index (χ4n) is 1.94. The normalized spacial score (nSPS) is 10.7. The third-order valence-corrected chi connectivity index (χ3v) is 3.31. The van der Waals surface area contributed by atoms with Gasteiger partial charge in [0, 0.05) is 5.56 Å². The van der Waals surface area contributed by atoms with E-state index in [9.17, 15) is 0 Å². The first-order chi connectivity index (χ1) is 10.8. The number of rotatable bonds is 3. The molecule has 0 aliphatic rings. The predicted molar refractivity (Wildman–Crippen MR) is 87.0 cm³/mol. The van der Waals surface area contributed by atoms with Gasteiger partial charge in [0.05, 0.1) is 17.8 Å². The van der Waals surface area contributed by atoms with Gasteiger partial charge in [-0.1, -0.05) is 42.5 Å². The van der Waals surface area contributed by atoms with Gasteiger partial charge in [0.2, 0.25) is 4.77 Å². The van der Waals surface area contributed by atoms with Gasteiger partial charge < -0.3 is 0 Å². The summed E-state index contributed by atoms with van der Waals surface area (Å²) in [7, 11) is 0. The number of hydrogen-bond donors (Lipinski definition) is 1. The summed E-state index contributed by atoms with van der Waals surface area (Å²) in [5.41, 5.74) is 2.41. The van der Waals surface area contributed by atoms with Crippen LogP contribution < -0.4 is 0 Å². The van der Waals surface area contributed by atoms with Crippen LogP contribution in [0.1, 0.15) is 11.1 Å². The Morgan fingerprint density at radius 3 is 2.55 bits per heavy atom. The van der Waals surface area contributed by atoms with Gasteiger partial charge in [-0.15, -0.1) is 0 Å². The van der Waals surface area contributed by atoms with E-state index in [1.165, 1.54) is 0 Å². The lowest BCUT2D eigenvalue weighted by Crippen LogP contribution is -1.95. The molecule has 0 aliphatic carbocycles. The van der Waals surface area contributed by atoms with Crippen LogP contribution in [0.15, 0.2) is 59.7 Å². The van der Waals surface area contributed by atoms with Gasteiger partial charge in [0.15, 0.2) is 5.82 Å². The lowest BCUT2D eigenvalue weighted by atomic mass is 10.2. The molecule has 0 unspecified atom stereocenters. The average Bonchev–Trinajstić information content (AvgIpc) is 2.95. The molecule has 0 amide bonds. The van der Waals surface area contributed by atoms with Crippen LogP contribution in [0.4, 0.5) is 0 Å². The highest BCUT2D eigenvalue weighted by Crippen LogP contribution is 2.16. The van der Waals surface area contributed by atoms with E-state index in [4.69, 9.17) is 17.5 Å². The van der Waals surface area contributed by atoms with Gasteiger partial charge in [0.25, 0.3) is 0 Å². The molecule has 0 fully saturated rings. The Labute approximate surface area is 132 Å². The van der Waals surface area contributed by atoms with Crippen molar-refractivity contribution in [3.05, 3.63) is 70.5 Å². The summed E-state index contributed by atoms with van der Waals surface area (Å²) in [6.45, 7) is 0. The number of nitriles is 1. The maximum Gasteiger partial charge on any atom is 0.216 e. The molecule has 106 valence electrons. The summed E-state index contributed by atoms with van der Waals surface area (Å²) in [6.07, 6.45) is 1.68. The summed E-state index contributed by atoms with van der Waals surface area (Å²) in [4.78, 5) is 0. The second kappa shape index (κ2) is 6.16. The molecular weight excluding hydrogens is 294 g/mol. The zero-order valence-corrected chi connectivity index (χ0v) is 12.3. The topological polar surface area (TPSA) is 69.8 Å². The minimum absolute atomic E-state index is 0.420. The van der Waals surface area contributed by atoms with E-state index in [0.29, 0.717) is 16.2 Å². The van der Waals surface area contributed by atoms with Crippen molar-refractivity contribution in [2.45, 2.75) is 0 Å². The van der Waals surface area contributed by atoms with Crippen molar-refractivity contribution in [2.24, 2.45) is 5.10 Å². The number of benzene rings is 2. The first kappa shape index (κ1) is 13.9. The second-order valence-electron chi connectivity index (χ2n) is 4.51. The highest BCUT2D eigenvalue weighted by atomic mass is 32.1. The van der Waals surface area contributed by atoms with Crippen molar-refractivity contribution in [1.82, 2.24) is 14.9 Å². The molecule has 3 aromatic rings. The van der Waals surface area contributed by atoms with Gasteiger partial charge in [-0.3, -0.25) is 0 Å². The first-order valence-corrected chi connectivity index (χ1v) is 6.96. The SMILES string of the molecule is N#Cc1ccc(C=Nn2c(-c3ccccc3)n[nH]c2=S)cc1. The van der Waals surface area contributed by atoms with Crippen LogP contribution in [-0.2, 0) is 0 Å². The summed E-state index contributed by atoms with van der Waals surface area (Å²) in [6, 6.07) is 18.9. The monoisotopic (exact) mass is 305 g/mol. The van der Waals surface area contributed by atoms with Crippen LogP contribution in [0.2, 0.25) is 0 Å². The minimum Gasteiger partial charge on any atom is -0.250 e. The van der Waals surface area contributed by atoms with E-state index in [-0.39, 0.29) is 0 Å². The molecule has 0 aliphatic heterocycles. The third kappa shape index (κ3) is 2.85. The maximum absolute atomic E-state index is 8.79. The molecule has 0 bridgehead atoms. The molecule has 6 heteroatoms. The third-order valence-electron chi connectivity index (χ3n) is 3.04. The van der Waals surface area contributed by atoms with Crippen LogP contribution in [0.3, 0.4) is 0 Å². The van der Waals surface area contributed by atoms with Crippen molar-refractivity contribution in [3.63, 3.8) is 0 Å². The predicted octanol–water partition coefficient (Wildman–Crippen LogP) is 3.36. The van der Waals surface area contributed by atoms with E-state index in [2.05, 4.69) is 21.4 Å². The van der Waals surface area contributed by atoms with Gasteiger partial charge in [-0.2, -0.15) is 20.1 Å². The summed E-state index contributed by atoms with van der Waals surface area (Å²) in [5, 5.41) is 20.1. The Morgan fingerprint density at radius 2 is 1.86 bits per heavy atom. The van der Waals surface area contributed by atoms with Crippen LogP contribution in [0, 0.1) is 16.1 Å². The lowest BCUT2D eigenvalue weighted by Gasteiger charge is -2.00. The zero-order chi connectivity index (χ0) is 15.4. The molecule has 3 rings (SSSR count). The van der Waals surface area contributed by atoms with Crippen molar-refractivity contribution >= 4 is 18.4 Å². The summed E-state index contributed by atoms with van der Waals surface area (Å²) >= 11 is 5.22. The fraction of sp³-hybridized carbons (Fsp3) is 0. The van der Waals surface area contributed by atoms with E-state index in [1.54, 1.807) is 23.0 Å². The number of aromatic nitrogens is 3. The van der Waals surface area contributed by atoms with E-state index >= 15 is 0 Å². The number of nitrogens with zero attached hydrogens (tertiary/aromatic N) is 4. The Hall–Kier alpha value is -3.04. The van der Waals surface area contributed by atoms with Gasteiger partial charge in [0.1, 0.15) is 0 Å². The molecule has 1 N–H and O–H groups in total. The molecule has 0 spiro atoms. The number of nitrogens with one attached hydrogen (secondary N) is 1. The number of H-pyrrole nitrogens is 1. The van der Waals surface area contributed by atoms with Gasteiger partial charge in [-0.25, -0.2) is 5.10 Å². The van der Waals surface area contributed by atoms with Gasteiger partial charge >= 0.3 is 0 Å². The molecule has 5 nitrogen and oxygen atoms in total. The van der Waals surface area contributed by atoms with Gasteiger partial charge in [-0.05, 0) is 29.9 Å². The highest BCUT2D eigenvalue weighted by molar-refractivity contribution is 7.71. The van der Waals surface area contributed by atoms with E-state index in [0.717, 1.165) is 11.1 Å². The van der Waals surface area contributed by atoms with Crippen LogP contribution in [0.25, 0.3) is 11.4 Å². The minimum atomic E-state index is 0.420. The molecule has 0 saturated heterocycles. The summed E-state index contributed by atoms with van der Waals surface area (Å²) in [5.74, 6) is 0.649. The molecule has 1 heterocycles. The maximum atomic E-state index is 8.79. The molecule has 0 radical (unpaired) electrons. The van der Waals surface area contributed by atoms with E-state index < -0.39 is 0 Å². The number of aromatic amines is 1. The number of hydrogen-bond acceptors (Lipinski definition) is 4. The quantitative estimate of drug-likeness (QED) is 0.596. The van der Waals surface area contributed by atoms with Crippen molar-refractivity contribution in [2.75, 3.05) is 0 Å². The van der Waals surface area contributed by atoms with Crippen molar-refractivity contribution in [1.29, 1.82) is 5.26 Å². The van der Waals surface area contributed by atoms with Crippen LogP contribution >= 0.6 is 12.2 Å². The van der Waals surface area contributed by atoms with Crippen LogP contribution in [0.5, 0.6) is 0 Å². The van der Waals surface area contributed by atoms with Crippen molar-refractivity contribution < 1.29 is 0 Å². The van der Waals surface area contributed by atoms with Crippen molar-refractivity contribution in [3.8, 4) is 17.5 Å². The highest BCUT2D eigenvalue weighted by Gasteiger charge is 2.06. The average molecular weight is 305 g/mol. The lowest BCUT2D eigenvalue weighted by molar-refractivity contribution is 0.871. The Bertz CT molecular complexity index is 898. The summed E-state index contributed by atoms with van der Waals surface area (Å²) < 4.78 is 1.99. The Morgan fingerprint density at radius 1 is 1.14 bits per heavy atom. The standard InChI is InChI=1S/C16H11N5S/c17-10-12-6-8-13(9-7-12)11-18-21-15(19-20-16(21)22)14-4-2-1-3-5-14/h1-9,11H,(H,20,22). The largest absolute Gasteiger partial charge is 0.250 e. The van der Waals surface area contributed by atoms with E-state index in [1.807, 2.05) is 42.5 Å². The second-order valence-corrected chi connectivity index (χ2v) is 4.90. The Kier molecular flexibility index (Phi) is 3.90. The molecule has 2 aromatic carbocycles. The molecule has 0 atom stereocenters. The Balaban J connectivity index is 1.95. The van der Waals surface area contributed by atoms with Crippen LogP contribution in [-0.4, -0.2) is 21.1 Å². The molecule has 22 heavy (non-hydrogen) atoms.